The Morgan fingerprint density at radius 2 is 2.30 bits per heavy atom. The number of carbonyl (C=O) groups is 1. The number of anilines is 1. The number of rotatable bonds is 3. The van der Waals surface area contributed by atoms with Crippen molar-refractivity contribution in [2.24, 2.45) is 0 Å². The Morgan fingerprint density at radius 3 is 3.05 bits per heavy atom. The van der Waals surface area contributed by atoms with Gasteiger partial charge in [-0.05, 0) is 30.5 Å². The Bertz CT molecular complexity index is 615. The summed E-state index contributed by atoms with van der Waals surface area (Å²) in [5.41, 5.74) is 0. The number of aromatic nitrogens is 5. The molecule has 3 heterocycles. The van der Waals surface area contributed by atoms with Crippen LogP contribution >= 0.6 is 11.6 Å². The van der Waals surface area contributed by atoms with Crippen molar-refractivity contribution < 1.29 is 4.79 Å². The van der Waals surface area contributed by atoms with Gasteiger partial charge in [0.15, 0.2) is 0 Å². The van der Waals surface area contributed by atoms with Crippen LogP contribution in [-0.2, 0) is 4.79 Å². The normalized spacial score (nSPS) is 18.6. The third-order valence-corrected chi connectivity index (χ3v) is 3.06. The molecule has 0 aliphatic carbocycles. The highest BCUT2D eigenvalue weighted by Gasteiger charge is 2.23. The van der Waals surface area contributed by atoms with Crippen LogP contribution < -0.4 is 10.6 Å². The monoisotopic (exact) mass is 293 g/mol. The Labute approximate surface area is 119 Å². The van der Waals surface area contributed by atoms with Gasteiger partial charge in [-0.3, -0.25) is 4.79 Å². The molecule has 20 heavy (non-hydrogen) atoms. The van der Waals surface area contributed by atoms with E-state index < -0.39 is 0 Å². The Balaban J connectivity index is 1.84. The number of hydrogen-bond acceptors (Lipinski definition) is 6. The molecule has 2 aromatic rings. The highest BCUT2D eigenvalue weighted by atomic mass is 35.5. The van der Waals surface area contributed by atoms with Gasteiger partial charge in [0.05, 0.1) is 0 Å². The van der Waals surface area contributed by atoms with Crippen LogP contribution in [0, 0.1) is 0 Å². The highest BCUT2D eigenvalue weighted by molar-refractivity contribution is 6.28. The largest absolute Gasteiger partial charge is 0.354 e. The summed E-state index contributed by atoms with van der Waals surface area (Å²) in [6.07, 6.45) is 4.95. The van der Waals surface area contributed by atoms with Gasteiger partial charge in [-0.25, -0.2) is 4.68 Å². The number of carbonyl (C=O) groups excluding carboxylic acids is 1. The standard InChI is InChI=1S/C11H12ClN7O/c12-9-16-10(15-7-3-1-4-13-8(7)20)18-11(17-9)19-6-2-5-14-19/h2,5-7H,1,3-4H2,(H,13,20)(H,15,16,17,18). The molecule has 3 rings (SSSR count). The fourth-order valence-corrected chi connectivity index (χ4v) is 2.12. The van der Waals surface area contributed by atoms with E-state index in [9.17, 15) is 4.79 Å². The molecule has 1 fully saturated rings. The lowest BCUT2D eigenvalue weighted by molar-refractivity contribution is -0.123. The van der Waals surface area contributed by atoms with Crippen molar-refractivity contribution >= 4 is 23.5 Å². The van der Waals surface area contributed by atoms with Crippen LogP contribution in [0.25, 0.3) is 5.95 Å². The average Bonchev–Trinajstić information content (AvgIpc) is 2.95. The van der Waals surface area contributed by atoms with E-state index in [1.165, 1.54) is 4.68 Å². The predicted octanol–water partition coefficient (Wildman–Crippen LogP) is 0.401. The highest BCUT2D eigenvalue weighted by Crippen LogP contribution is 2.13. The van der Waals surface area contributed by atoms with E-state index in [4.69, 9.17) is 11.6 Å². The summed E-state index contributed by atoms with van der Waals surface area (Å²) in [4.78, 5) is 23.9. The van der Waals surface area contributed by atoms with E-state index >= 15 is 0 Å². The Hall–Kier alpha value is -2.22. The summed E-state index contributed by atoms with van der Waals surface area (Å²) >= 11 is 5.88. The lowest BCUT2D eigenvalue weighted by Crippen LogP contribution is -2.44. The maximum absolute atomic E-state index is 11.7. The first-order chi connectivity index (χ1) is 9.72. The van der Waals surface area contributed by atoms with Crippen molar-refractivity contribution in [3.05, 3.63) is 23.7 Å². The maximum atomic E-state index is 11.7. The molecule has 104 valence electrons. The van der Waals surface area contributed by atoms with E-state index in [-0.39, 0.29) is 23.2 Å². The number of halogens is 1. The van der Waals surface area contributed by atoms with Crippen LogP contribution in [0.15, 0.2) is 18.5 Å². The fraction of sp³-hybridized carbons (Fsp3) is 0.364. The molecule has 1 saturated heterocycles. The molecule has 2 aromatic heterocycles. The van der Waals surface area contributed by atoms with E-state index in [1.54, 1.807) is 18.5 Å². The third kappa shape index (κ3) is 2.69. The zero-order valence-corrected chi connectivity index (χ0v) is 11.2. The number of piperidine rings is 1. The first kappa shape index (κ1) is 12.8. The van der Waals surface area contributed by atoms with E-state index in [1.807, 2.05) is 0 Å². The molecule has 1 aliphatic heterocycles. The lowest BCUT2D eigenvalue weighted by atomic mass is 10.1. The fourth-order valence-electron chi connectivity index (χ4n) is 1.96. The molecule has 0 aromatic carbocycles. The summed E-state index contributed by atoms with van der Waals surface area (Å²) in [5.74, 6) is 0.500. The lowest BCUT2D eigenvalue weighted by Gasteiger charge is -2.22. The molecular weight excluding hydrogens is 282 g/mol. The van der Waals surface area contributed by atoms with Gasteiger partial charge < -0.3 is 10.6 Å². The van der Waals surface area contributed by atoms with Crippen molar-refractivity contribution in [2.75, 3.05) is 11.9 Å². The molecule has 0 bridgehead atoms. The number of nitrogens with one attached hydrogen (secondary N) is 2. The second-order valence-corrected chi connectivity index (χ2v) is 4.65. The molecule has 9 heteroatoms. The zero-order chi connectivity index (χ0) is 13.9. The quantitative estimate of drug-likeness (QED) is 0.850. The first-order valence-corrected chi connectivity index (χ1v) is 6.56. The minimum absolute atomic E-state index is 0.0456. The topological polar surface area (TPSA) is 97.6 Å². The third-order valence-electron chi connectivity index (χ3n) is 2.89. The predicted molar refractivity (Wildman–Crippen MR) is 71.6 cm³/mol. The van der Waals surface area contributed by atoms with Gasteiger partial charge in [-0.2, -0.15) is 20.1 Å². The minimum atomic E-state index is -0.354. The summed E-state index contributed by atoms with van der Waals surface area (Å²) in [5, 5.41) is 9.83. The number of amides is 1. The minimum Gasteiger partial charge on any atom is -0.354 e. The molecule has 2 N–H and O–H groups in total. The molecule has 8 nitrogen and oxygen atoms in total. The van der Waals surface area contributed by atoms with E-state index in [0.717, 1.165) is 12.8 Å². The van der Waals surface area contributed by atoms with Crippen LogP contribution in [0.5, 0.6) is 0 Å². The molecule has 0 saturated carbocycles. The zero-order valence-electron chi connectivity index (χ0n) is 10.5. The van der Waals surface area contributed by atoms with Crippen LogP contribution in [0.1, 0.15) is 12.8 Å². The van der Waals surface area contributed by atoms with Gasteiger partial charge in [0.25, 0.3) is 5.95 Å². The molecule has 0 spiro atoms. The van der Waals surface area contributed by atoms with Crippen LogP contribution in [0.4, 0.5) is 5.95 Å². The molecular formula is C11H12ClN7O. The van der Waals surface area contributed by atoms with Gasteiger partial charge >= 0.3 is 0 Å². The first-order valence-electron chi connectivity index (χ1n) is 6.18. The number of nitrogens with zero attached hydrogens (tertiary/aromatic N) is 5. The van der Waals surface area contributed by atoms with Crippen LogP contribution in [0.2, 0.25) is 5.28 Å². The van der Waals surface area contributed by atoms with Crippen LogP contribution in [0.3, 0.4) is 0 Å². The van der Waals surface area contributed by atoms with Crippen molar-refractivity contribution in [3.8, 4) is 5.95 Å². The van der Waals surface area contributed by atoms with E-state index in [2.05, 4.69) is 30.7 Å². The summed E-state index contributed by atoms with van der Waals surface area (Å²) in [6, 6.07) is 1.40. The van der Waals surface area contributed by atoms with Crippen molar-refractivity contribution in [1.29, 1.82) is 0 Å². The summed E-state index contributed by atoms with van der Waals surface area (Å²) < 4.78 is 1.47. The summed E-state index contributed by atoms with van der Waals surface area (Å²) in [6.45, 7) is 0.702. The second kappa shape index (κ2) is 5.41. The Kier molecular flexibility index (Phi) is 3.46. The van der Waals surface area contributed by atoms with Crippen molar-refractivity contribution in [1.82, 2.24) is 30.0 Å². The Morgan fingerprint density at radius 1 is 1.40 bits per heavy atom. The number of hydrogen-bond donors (Lipinski definition) is 2. The summed E-state index contributed by atoms with van der Waals surface area (Å²) in [7, 11) is 0. The SMILES string of the molecule is O=C1NCCCC1Nc1nc(Cl)nc(-n2cccn2)n1. The molecule has 1 atom stereocenters. The van der Waals surface area contributed by atoms with Gasteiger partial charge in [-0.15, -0.1) is 0 Å². The van der Waals surface area contributed by atoms with Crippen LogP contribution in [-0.4, -0.2) is 43.2 Å². The smallest absolute Gasteiger partial charge is 0.256 e. The van der Waals surface area contributed by atoms with Gasteiger partial charge in [0.1, 0.15) is 6.04 Å². The molecule has 1 amide bonds. The second-order valence-electron chi connectivity index (χ2n) is 4.31. The molecule has 1 aliphatic rings. The van der Waals surface area contributed by atoms with Gasteiger partial charge in [-0.1, -0.05) is 0 Å². The van der Waals surface area contributed by atoms with Gasteiger partial charge in [0, 0.05) is 18.9 Å². The maximum Gasteiger partial charge on any atom is 0.256 e. The van der Waals surface area contributed by atoms with E-state index in [0.29, 0.717) is 12.5 Å². The van der Waals surface area contributed by atoms with Crippen molar-refractivity contribution in [2.45, 2.75) is 18.9 Å². The molecule has 1 unspecified atom stereocenters. The van der Waals surface area contributed by atoms with Gasteiger partial charge in [0.2, 0.25) is 17.1 Å². The van der Waals surface area contributed by atoms with Crippen molar-refractivity contribution in [3.63, 3.8) is 0 Å². The molecule has 0 radical (unpaired) electrons. The average molecular weight is 294 g/mol.